The zero-order valence-corrected chi connectivity index (χ0v) is 11.9. The highest BCUT2D eigenvalue weighted by atomic mass is 16.6. The maximum Gasteiger partial charge on any atom is 0.407 e. The first-order valence-corrected chi connectivity index (χ1v) is 6.41. The van der Waals surface area contributed by atoms with E-state index >= 15 is 0 Å². The molecule has 18 heavy (non-hydrogen) atoms. The van der Waals surface area contributed by atoms with Gasteiger partial charge in [0.2, 0.25) is 0 Å². The quantitative estimate of drug-likeness (QED) is 0.794. The predicted octanol–water partition coefficient (Wildman–Crippen LogP) is 1.83. The third kappa shape index (κ3) is 5.23. The molecule has 2 N–H and O–H groups in total. The summed E-state index contributed by atoms with van der Waals surface area (Å²) < 4.78 is 10.7. The number of nitrogens with one attached hydrogen (secondary N) is 1. The molecule has 1 rings (SSSR count). The summed E-state index contributed by atoms with van der Waals surface area (Å²) in [6.45, 7) is 9.36. The molecule has 2 atom stereocenters. The topological polar surface area (TPSA) is 67.8 Å². The zero-order valence-electron chi connectivity index (χ0n) is 11.9. The average molecular weight is 259 g/mol. The molecule has 5 nitrogen and oxygen atoms in total. The lowest BCUT2D eigenvalue weighted by molar-refractivity contribution is -0.114. The maximum atomic E-state index is 11.6. The van der Waals surface area contributed by atoms with Crippen LogP contribution in [0.3, 0.4) is 0 Å². The minimum atomic E-state index is -0.836. The van der Waals surface area contributed by atoms with Crippen LogP contribution in [0.2, 0.25) is 0 Å². The Bertz CT molecular complexity index is 282. The van der Waals surface area contributed by atoms with Crippen molar-refractivity contribution in [3.05, 3.63) is 0 Å². The van der Waals surface area contributed by atoms with Gasteiger partial charge in [0.25, 0.3) is 0 Å². The molecule has 1 fully saturated rings. The van der Waals surface area contributed by atoms with Crippen molar-refractivity contribution in [3.63, 3.8) is 0 Å². The van der Waals surface area contributed by atoms with Crippen molar-refractivity contribution >= 4 is 6.09 Å². The van der Waals surface area contributed by atoms with Gasteiger partial charge < -0.3 is 19.9 Å². The summed E-state index contributed by atoms with van der Waals surface area (Å²) in [5.74, 6) is 0. The van der Waals surface area contributed by atoms with Crippen molar-refractivity contribution < 1.29 is 19.4 Å². The van der Waals surface area contributed by atoms with Crippen LogP contribution < -0.4 is 5.32 Å². The summed E-state index contributed by atoms with van der Waals surface area (Å²) in [6, 6.07) is -0.0431. The first kappa shape index (κ1) is 15.2. The van der Waals surface area contributed by atoms with Crippen LogP contribution in [-0.2, 0) is 9.47 Å². The van der Waals surface area contributed by atoms with E-state index in [2.05, 4.69) is 5.32 Å². The molecule has 0 unspecified atom stereocenters. The van der Waals surface area contributed by atoms with E-state index in [0.717, 1.165) is 12.8 Å². The molecule has 0 radical (unpaired) electrons. The number of alkyl carbamates (subject to hydrolysis) is 1. The second-order valence-electron chi connectivity index (χ2n) is 6.40. The fourth-order valence-corrected chi connectivity index (χ4v) is 1.90. The van der Waals surface area contributed by atoms with Crippen molar-refractivity contribution in [2.75, 3.05) is 6.61 Å². The Morgan fingerprint density at radius 1 is 1.28 bits per heavy atom. The number of carbonyl (C=O) groups is 1. The third-order valence-corrected chi connectivity index (χ3v) is 2.78. The number of rotatable bonds is 2. The molecule has 1 saturated heterocycles. The lowest BCUT2D eigenvalue weighted by Gasteiger charge is -2.36. The molecular weight excluding hydrogens is 234 g/mol. The molecule has 0 spiro atoms. The number of carbonyl (C=O) groups excluding carboxylic acids is 1. The SMILES string of the molecule is CC(C)(C)OC(=O)N[C@@H]1CC[C@@H](C(C)(C)O)OC1. The zero-order chi connectivity index (χ0) is 14.0. The minimum Gasteiger partial charge on any atom is -0.444 e. The van der Waals surface area contributed by atoms with Gasteiger partial charge in [-0.3, -0.25) is 0 Å². The fourth-order valence-electron chi connectivity index (χ4n) is 1.90. The van der Waals surface area contributed by atoms with Gasteiger partial charge in [-0.1, -0.05) is 0 Å². The molecular formula is C13H25NO4. The number of aliphatic hydroxyl groups is 1. The molecule has 0 saturated carbocycles. The van der Waals surface area contributed by atoms with Crippen molar-refractivity contribution in [1.29, 1.82) is 0 Å². The van der Waals surface area contributed by atoms with Gasteiger partial charge in [0.05, 0.1) is 24.4 Å². The van der Waals surface area contributed by atoms with Gasteiger partial charge in [-0.25, -0.2) is 4.79 Å². The Kier molecular flexibility index (Phi) is 4.61. The molecule has 1 amide bonds. The van der Waals surface area contributed by atoms with Gasteiger partial charge in [0.15, 0.2) is 0 Å². The molecule has 0 bridgehead atoms. The van der Waals surface area contributed by atoms with Crippen LogP contribution in [0.5, 0.6) is 0 Å². The van der Waals surface area contributed by atoms with Gasteiger partial charge >= 0.3 is 6.09 Å². The molecule has 1 aliphatic rings. The summed E-state index contributed by atoms with van der Waals surface area (Å²) in [5, 5.41) is 12.6. The minimum absolute atomic E-state index is 0.0431. The van der Waals surface area contributed by atoms with E-state index in [4.69, 9.17) is 9.47 Å². The number of hydrogen-bond acceptors (Lipinski definition) is 4. The lowest BCUT2D eigenvalue weighted by Crippen LogP contribution is -2.49. The first-order valence-electron chi connectivity index (χ1n) is 6.41. The largest absolute Gasteiger partial charge is 0.444 e. The Morgan fingerprint density at radius 2 is 1.89 bits per heavy atom. The van der Waals surface area contributed by atoms with Crippen LogP contribution in [0.15, 0.2) is 0 Å². The Morgan fingerprint density at radius 3 is 2.28 bits per heavy atom. The smallest absolute Gasteiger partial charge is 0.407 e. The highest BCUT2D eigenvalue weighted by Gasteiger charge is 2.33. The van der Waals surface area contributed by atoms with E-state index in [1.165, 1.54) is 0 Å². The summed E-state index contributed by atoms with van der Waals surface area (Å²) in [5.41, 5.74) is -1.33. The van der Waals surface area contributed by atoms with Crippen molar-refractivity contribution in [3.8, 4) is 0 Å². The highest BCUT2D eigenvalue weighted by Crippen LogP contribution is 2.23. The van der Waals surface area contributed by atoms with Crippen molar-refractivity contribution in [1.82, 2.24) is 5.32 Å². The molecule has 5 heteroatoms. The lowest BCUT2D eigenvalue weighted by atomic mass is 9.93. The number of hydrogen-bond donors (Lipinski definition) is 2. The molecule has 0 aromatic heterocycles. The van der Waals surface area contributed by atoms with Gasteiger partial charge in [-0.05, 0) is 47.5 Å². The van der Waals surface area contributed by atoms with Gasteiger partial charge in [-0.15, -0.1) is 0 Å². The molecule has 0 aliphatic carbocycles. The second-order valence-corrected chi connectivity index (χ2v) is 6.40. The summed E-state index contributed by atoms with van der Waals surface area (Å²) in [7, 11) is 0. The van der Waals surface area contributed by atoms with E-state index in [1.54, 1.807) is 13.8 Å². The van der Waals surface area contributed by atoms with Crippen LogP contribution >= 0.6 is 0 Å². The molecule has 0 aromatic rings. The number of amides is 1. The summed E-state index contributed by atoms with van der Waals surface area (Å²) >= 11 is 0. The third-order valence-electron chi connectivity index (χ3n) is 2.78. The standard InChI is InChI=1S/C13H25NO4/c1-12(2,3)18-11(15)14-9-6-7-10(17-8-9)13(4,5)16/h9-10,16H,6-8H2,1-5H3,(H,14,15)/t9-,10+/m1/s1. The number of ether oxygens (including phenoxy) is 2. The van der Waals surface area contributed by atoms with Crippen molar-refractivity contribution in [2.24, 2.45) is 0 Å². The van der Waals surface area contributed by atoms with E-state index in [0.29, 0.717) is 6.61 Å². The molecule has 0 aromatic carbocycles. The Hall–Kier alpha value is -0.810. The monoisotopic (exact) mass is 259 g/mol. The van der Waals surface area contributed by atoms with Crippen LogP contribution in [0.1, 0.15) is 47.5 Å². The van der Waals surface area contributed by atoms with E-state index in [1.807, 2.05) is 20.8 Å². The Labute approximate surface area is 109 Å². The highest BCUT2D eigenvalue weighted by molar-refractivity contribution is 5.68. The predicted molar refractivity (Wildman–Crippen MR) is 68.4 cm³/mol. The van der Waals surface area contributed by atoms with Crippen molar-refractivity contribution in [2.45, 2.75) is 70.8 Å². The van der Waals surface area contributed by atoms with Gasteiger partial charge in [-0.2, -0.15) is 0 Å². The Balaban J connectivity index is 2.34. The van der Waals surface area contributed by atoms with Crippen LogP contribution in [0.25, 0.3) is 0 Å². The maximum absolute atomic E-state index is 11.6. The van der Waals surface area contributed by atoms with Crippen LogP contribution in [0, 0.1) is 0 Å². The first-order chi connectivity index (χ1) is 8.08. The normalized spacial score (nSPS) is 25.7. The van der Waals surface area contributed by atoms with E-state index < -0.39 is 17.3 Å². The van der Waals surface area contributed by atoms with Crippen LogP contribution in [0.4, 0.5) is 4.79 Å². The molecule has 1 heterocycles. The van der Waals surface area contributed by atoms with Gasteiger partial charge in [0.1, 0.15) is 5.60 Å². The average Bonchev–Trinajstić information content (AvgIpc) is 2.13. The molecule has 106 valence electrons. The van der Waals surface area contributed by atoms with Gasteiger partial charge in [0, 0.05) is 0 Å². The summed E-state index contributed by atoms with van der Waals surface area (Å²) in [4.78, 5) is 11.6. The summed E-state index contributed by atoms with van der Waals surface area (Å²) in [6.07, 6.45) is 0.921. The van der Waals surface area contributed by atoms with Crippen LogP contribution in [-0.4, -0.2) is 41.2 Å². The second kappa shape index (κ2) is 5.45. The van der Waals surface area contributed by atoms with E-state index in [9.17, 15) is 9.90 Å². The van der Waals surface area contributed by atoms with E-state index in [-0.39, 0.29) is 12.1 Å². The fraction of sp³-hybridized carbons (Fsp3) is 0.923. The molecule has 1 aliphatic heterocycles.